The maximum Gasteiger partial charge on any atom is 0.166 e. The van der Waals surface area contributed by atoms with E-state index < -0.39 is 5.60 Å². The summed E-state index contributed by atoms with van der Waals surface area (Å²) in [5, 5.41) is 8.42. The molecule has 0 bridgehead atoms. The summed E-state index contributed by atoms with van der Waals surface area (Å²) in [5.74, 6) is -0.0718. The second-order valence-electron chi connectivity index (χ2n) is 2.61. The normalized spacial score (nSPS) is 11.6. The predicted octanol–water partition coefficient (Wildman–Crippen LogP) is 0.363. The molecule has 1 N–H and O–H groups in total. The molecule has 3 nitrogen and oxygen atoms in total. The monoisotopic (exact) mass is 146 g/mol. The molecule has 0 fully saturated rings. The number of carbonyl (C=O) groups is 1. The molecule has 0 rings (SSSR count). The van der Waals surface area contributed by atoms with E-state index in [-0.39, 0.29) is 18.8 Å². The molecule has 0 aliphatic rings. The number of aliphatic hydroxyl groups excluding tert-OH is 1. The lowest BCUT2D eigenvalue weighted by atomic mass is 10.0. The molecule has 60 valence electrons. The van der Waals surface area contributed by atoms with Crippen molar-refractivity contribution in [3.63, 3.8) is 0 Å². The number of hydrogen-bond acceptors (Lipinski definition) is 3. The van der Waals surface area contributed by atoms with E-state index in [2.05, 4.69) is 0 Å². The smallest absolute Gasteiger partial charge is 0.166 e. The van der Waals surface area contributed by atoms with E-state index in [1.165, 1.54) is 7.11 Å². The molecular weight excluding hydrogens is 132 g/mol. The molecule has 0 atom stereocenters. The molecule has 0 spiro atoms. The summed E-state index contributed by atoms with van der Waals surface area (Å²) in [6.07, 6.45) is 0.167. The number of ketones is 1. The lowest BCUT2D eigenvalue weighted by molar-refractivity contribution is -0.137. The Hall–Kier alpha value is -0.410. The van der Waals surface area contributed by atoms with Crippen molar-refractivity contribution in [2.75, 3.05) is 13.7 Å². The fraction of sp³-hybridized carbons (Fsp3) is 0.857. The second kappa shape index (κ2) is 3.68. The molecule has 0 aromatic rings. The number of aliphatic hydroxyl groups is 1. The van der Waals surface area contributed by atoms with Crippen LogP contribution in [0.1, 0.15) is 20.3 Å². The van der Waals surface area contributed by atoms with Gasteiger partial charge in [-0.1, -0.05) is 0 Å². The van der Waals surface area contributed by atoms with Crippen LogP contribution in [-0.4, -0.2) is 30.2 Å². The Bertz CT molecular complexity index is 118. The summed E-state index contributed by atoms with van der Waals surface area (Å²) < 4.78 is 4.89. The standard InChI is InChI=1S/C7H14O3/c1-7(2,10-3)6(9)4-5-8/h8H,4-5H2,1-3H3. The van der Waals surface area contributed by atoms with Gasteiger partial charge in [-0.3, -0.25) is 4.79 Å². The van der Waals surface area contributed by atoms with E-state index in [0.29, 0.717) is 0 Å². The molecule has 0 radical (unpaired) electrons. The Morgan fingerprint density at radius 2 is 2.10 bits per heavy atom. The van der Waals surface area contributed by atoms with Gasteiger partial charge in [-0.05, 0) is 13.8 Å². The number of Topliss-reactive ketones (excluding diaryl/α,β-unsaturated/α-hetero) is 1. The number of ether oxygens (including phenoxy) is 1. The van der Waals surface area contributed by atoms with Crippen molar-refractivity contribution in [3.05, 3.63) is 0 Å². The van der Waals surface area contributed by atoms with Crippen molar-refractivity contribution in [1.29, 1.82) is 0 Å². The van der Waals surface area contributed by atoms with Crippen LogP contribution in [0.15, 0.2) is 0 Å². The Labute approximate surface area is 61.0 Å². The van der Waals surface area contributed by atoms with Gasteiger partial charge in [0.05, 0.1) is 6.61 Å². The minimum Gasteiger partial charge on any atom is -0.396 e. The van der Waals surface area contributed by atoms with Crippen LogP contribution in [0, 0.1) is 0 Å². The summed E-state index contributed by atoms with van der Waals surface area (Å²) in [4.78, 5) is 11.0. The van der Waals surface area contributed by atoms with Crippen molar-refractivity contribution in [2.24, 2.45) is 0 Å². The zero-order chi connectivity index (χ0) is 8.20. The fourth-order valence-corrected chi connectivity index (χ4v) is 0.516. The van der Waals surface area contributed by atoms with Gasteiger partial charge >= 0.3 is 0 Å². The number of methoxy groups -OCH3 is 1. The van der Waals surface area contributed by atoms with Crippen LogP contribution >= 0.6 is 0 Å². The second-order valence-corrected chi connectivity index (χ2v) is 2.61. The first-order chi connectivity index (χ1) is 4.54. The van der Waals surface area contributed by atoms with Crippen molar-refractivity contribution >= 4 is 5.78 Å². The molecule has 0 heterocycles. The van der Waals surface area contributed by atoms with Gasteiger partial charge < -0.3 is 9.84 Å². The van der Waals surface area contributed by atoms with Gasteiger partial charge in [-0.15, -0.1) is 0 Å². The first-order valence-corrected chi connectivity index (χ1v) is 3.24. The van der Waals surface area contributed by atoms with Crippen molar-refractivity contribution in [1.82, 2.24) is 0 Å². The van der Waals surface area contributed by atoms with E-state index >= 15 is 0 Å². The SMILES string of the molecule is COC(C)(C)C(=O)CCO. The highest BCUT2D eigenvalue weighted by Crippen LogP contribution is 2.10. The van der Waals surface area contributed by atoms with Gasteiger partial charge in [0.15, 0.2) is 5.78 Å². The van der Waals surface area contributed by atoms with Crippen molar-refractivity contribution in [3.8, 4) is 0 Å². The molecule has 0 aliphatic heterocycles. The maximum atomic E-state index is 11.0. The zero-order valence-corrected chi connectivity index (χ0v) is 6.68. The van der Waals surface area contributed by atoms with E-state index in [1.54, 1.807) is 13.8 Å². The first kappa shape index (κ1) is 9.59. The molecule has 0 aromatic heterocycles. The van der Waals surface area contributed by atoms with E-state index in [0.717, 1.165) is 0 Å². The third kappa shape index (κ3) is 2.45. The molecule has 0 saturated carbocycles. The summed E-state index contributed by atoms with van der Waals surface area (Å²) in [7, 11) is 1.48. The van der Waals surface area contributed by atoms with Crippen LogP contribution in [0.2, 0.25) is 0 Å². The third-order valence-electron chi connectivity index (χ3n) is 1.52. The molecule has 0 saturated heterocycles. The molecule has 10 heavy (non-hydrogen) atoms. The summed E-state index contributed by atoms with van der Waals surface area (Å²) in [5.41, 5.74) is -0.747. The highest BCUT2D eigenvalue weighted by atomic mass is 16.5. The van der Waals surface area contributed by atoms with Crippen LogP contribution in [0.5, 0.6) is 0 Å². The van der Waals surface area contributed by atoms with Gasteiger partial charge in [0, 0.05) is 13.5 Å². The van der Waals surface area contributed by atoms with Crippen LogP contribution in [0.25, 0.3) is 0 Å². The molecule has 3 heteroatoms. The molecule has 0 amide bonds. The number of hydrogen-bond donors (Lipinski definition) is 1. The Morgan fingerprint density at radius 1 is 1.60 bits per heavy atom. The summed E-state index contributed by atoms with van der Waals surface area (Å²) >= 11 is 0. The fourth-order valence-electron chi connectivity index (χ4n) is 0.516. The third-order valence-corrected chi connectivity index (χ3v) is 1.52. The average molecular weight is 146 g/mol. The largest absolute Gasteiger partial charge is 0.396 e. The minimum atomic E-state index is -0.747. The van der Waals surface area contributed by atoms with E-state index in [9.17, 15) is 4.79 Å². The van der Waals surface area contributed by atoms with Gasteiger partial charge in [0.25, 0.3) is 0 Å². The Morgan fingerprint density at radius 3 is 2.40 bits per heavy atom. The molecule has 0 aromatic carbocycles. The Kier molecular flexibility index (Phi) is 3.53. The molecule has 0 aliphatic carbocycles. The van der Waals surface area contributed by atoms with Crippen LogP contribution < -0.4 is 0 Å². The zero-order valence-electron chi connectivity index (χ0n) is 6.68. The van der Waals surface area contributed by atoms with E-state index in [4.69, 9.17) is 9.84 Å². The van der Waals surface area contributed by atoms with E-state index in [1.807, 2.05) is 0 Å². The van der Waals surface area contributed by atoms with Crippen LogP contribution in [0.3, 0.4) is 0 Å². The van der Waals surface area contributed by atoms with Gasteiger partial charge in [-0.2, -0.15) is 0 Å². The molecule has 0 unspecified atom stereocenters. The maximum absolute atomic E-state index is 11.0. The van der Waals surface area contributed by atoms with Gasteiger partial charge in [0.2, 0.25) is 0 Å². The van der Waals surface area contributed by atoms with Gasteiger partial charge in [-0.25, -0.2) is 0 Å². The van der Waals surface area contributed by atoms with Crippen LogP contribution in [-0.2, 0) is 9.53 Å². The summed E-state index contributed by atoms with van der Waals surface area (Å²) in [6.45, 7) is 3.27. The molecular formula is C7H14O3. The topological polar surface area (TPSA) is 46.5 Å². The lowest BCUT2D eigenvalue weighted by Crippen LogP contribution is -2.34. The van der Waals surface area contributed by atoms with Gasteiger partial charge in [0.1, 0.15) is 5.60 Å². The van der Waals surface area contributed by atoms with Crippen LogP contribution in [0.4, 0.5) is 0 Å². The quantitative estimate of drug-likeness (QED) is 0.623. The highest BCUT2D eigenvalue weighted by Gasteiger charge is 2.25. The lowest BCUT2D eigenvalue weighted by Gasteiger charge is -2.20. The van der Waals surface area contributed by atoms with Crippen molar-refractivity contribution in [2.45, 2.75) is 25.9 Å². The van der Waals surface area contributed by atoms with Crippen molar-refractivity contribution < 1.29 is 14.6 Å². The summed E-state index contributed by atoms with van der Waals surface area (Å²) in [6, 6.07) is 0. The minimum absolute atomic E-state index is 0.0718. The average Bonchev–Trinajstić information content (AvgIpc) is 1.89. The Balaban J connectivity index is 3.91. The number of rotatable bonds is 4. The first-order valence-electron chi connectivity index (χ1n) is 3.24. The predicted molar refractivity (Wildman–Crippen MR) is 37.8 cm³/mol. The highest BCUT2D eigenvalue weighted by molar-refractivity contribution is 5.86. The number of carbonyl (C=O) groups excluding carboxylic acids is 1.